The van der Waals surface area contributed by atoms with Gasteiger partial charge in [-0.3, -0.25) is 4.39 Å². The van der Waals surface area contributed by atoms with E-state index in [0.29, 0.717) is 6.54 Å². The molecule has 0 radical (unpaired) electrons. The number of alkyl halides is 4. The zero-order valence-electron chi connectivity index (χ0n) is 6.92. The summed E-state index contributed by atoms with van der Waals surface area (Å²) in [5.41, 5.74) is 0. The number of hydrogen-bond acceptors (Lipinski definition) is 1. The number of nitrogens with one attached hydrogen (secondary N) is 1. The second-order valence-electron chi connectivity index (χ2n) is 2.72. The normalized spacial score (nSPS) is 14.8. The van der Waals surface area contributed by atoms with Gasteiger partial charge in [-0.25, -0.2) is 0 Å². The lowest BCUT2D eigenvalue weighted by atomic mass is 10.2. The predicted octanol–water partition coefficient (Wildman–Crippen LogP) is 2.28. The summed E-state index contributed by atoms with van der Waals surface area (Å²) >= 11 is 0. The molecule has 74 valence electrons. The molecule has 0 aliphatic heterocycles. The van der Waals surface area contributed by atoms with Crippen molar-refractivity contribution in [3.05, 3.63) is 0 Å². The average Bonchev–Trinajstić information content (AvgIpc) is 1.84. The quantitative estimate of drug-likeness (QED) is 0.514. The molecular weight excluding hydrogens is 174 g/mol. The zero-order valence-corrected chi connectivity index (χ0v) is 6.92. The molecule has 1 unspecified atom stereocenters. The van der Waals surface area contributed by atoms with Gasteiger partial charge in [-0.1, -0.05) is 0 Å². The van der Waals surface area contributed by atoms with Crippen LogP contribution < -0.4 is 5.32 Å². The minimum absolute atomic E-state index is 0.266. The third kappa shape index (κ3) is 7.78. The first-order valence-electron chi connectivity index (χ1n) is 3.82. The van der Waals surface area contributed by atoms with E-state index in [1.54, 1.807) is 0 Å². The first kappa shape index (κ1) is 11.7. The molecular formula is C7H13F4N. The van der Waals surface area contributed by atoms with Gasteiger partial charge in [-0.2, -0.15) is 13.2 Å². The molecule has 0 saturated heterocycles. The maximum Gasteiger partial charge on any atom is 0.390 e. The van der Waals surface area contributed by atoms with Gasteiger partial charge in [0.15, 0.2) is 0 Å². The van der Waals surface area contributed by atoms with Crippen molar-refractivity contribution >= 4 is 0 Å². The molecule has 1 atom stereocenters. The van der Waals surface area contributed by atoms with Crippen molar-refractivity contribution in [3.63, 3.8) is 0 Å². The first-order chi connectivity index (χ1) is 5.45. The molecule has 0 aromatic carbocycles. The van der Waals surface area contributed by atoms with Crippen LogP contribution in [-0.2, 0) is 0 Å². The van der Waals surface area contributed by atoms with Crippen molar-refractivity contribution < 1.29 is 17.6 Å². The van der Waals surface area contributed by atoms with E-state index in [9.17, 15) is 17.6 Å². The lowest BCUT2D eigenvalue weighted by Gasteiger charge is -2.14. The second kappa shape index (κ2) is 5.35. The van der Waals surface area contributed by atoms with Crippen LogP contribution in [0.1, 0.15) is 19.8 Å². The molecule has 0 aromatic rings. The zero-order chi connectivity index (χ0) is 9.61. The lowest BCUT2D eigenvalue weighted by molar-refractivity contribution is -0.139. The molecule has 0 heterocycles. The Morgan fingerprint density at radius 3 is 2.33 bits per heavy atom. The summed E-state index contributed by atoms with van der Waals surface area (Å²) in [6, 6.07) is -0.628. The molecule has 0 aromatic heterocycles. The maximum absolute atomic E-state index is 11.7. The average molecular weight is 187 g/mol. The fourth-order valence-corrected chi connectivity index (χ4v) is 0.835. The Bertz CT molecular complexity index is 112. The Kier molecular flexibility index (Phi) is 5.20. The molecule has 0 fully saturated rings. The van der Waals surface area contributed by atoms with Crippen molar-refractivity contribution in [1.82, 2.24) is 5.32 Å². The van der Waals surface area contributed by atoms with Crippen molar-refractivity contribution in [2.45, 2.75) is 32.0 Å². The van der Waals surface area contributed by atoms with Gasteiger partial charge in [-0.05, 0) is 19.9 Å². The number of hydrogen-bond donors (Lipinski definition) is 1. The Hall–Kier alpha value is -0.320. The third-order valence-corrected chi connectivity index (χ3v) is 1.34. The highest BCUT2D eigenvalue weighted by Gasteiger charge is 2.29. The summed E-state index contributed by atoms with van der Waals surface area (Å²) in [7, 11) is 0. The van der Waals surface area contributed by atoms with Gasteiger partial charge in [0.25, 0.3) is 0 Å². The van der Waals surface area contributed by atoms with E-state index >= 15 is 0 Å². The van der Waals surface area contributed by atoms with E-state index in [2.05, 4.69) is 5.32 Å². The van der Waals surface area contributed by atoms with Crippen LogP contribution in [0, 0.1) is 0 Å². The van der Waals surface area contributed by atoms with E-state index in [4.69, 9.17) is 0 Å². The Labute approximate surface area is 69.1 Å². The molecule has 0 amide bonds. The molecule has 0 aliphatic rings. The molecule has 5 heteroatoms. The Balaban J connectivity index is 3.40. The van der Waals surface area contributed by atoms with E-state index in [-0.39, 0.29) is 6.42 Å². The van der Waals surface area contributed by atoms with Crippen LogP contribution in [0.25, 0.3) is 0 Å². The van der Waals surface area contributed by atoms with Crippen LogP contribution in [0.15, 0.2) is 0 Å². The summed E-state index contributed by atoms with van der Waals surface area (Å²) in [4.78, 5) is 0. The van der Waals surface area contributed by atoms with E-state index in [1.165, 1.54) is 6.92 Å². The van der Waals surface area contributed by atoms with Gasteiger partial charge in [-0.15, -0.1) is 0 Å². The van der Waals surface area contributed by atoms with Gasteiger partial charge in [0.2, 0.25) is 0 Å². The highest BCUT2D eigenvalue weighted by molar-refractivity contribution is 4.65. The Morgan fingerprint density at radius 2 is 1.92 bits per heavy atom. The topological polar surface area (TPSA) is 12.0 Å². The number of halogens is 4. The Morgan fingerprint density at radius 1 is 1.33 bits per heavy atom. The third-order valence-electron chi connectivity index (χ3n) is 1.34. The summed E-state index contributed by atoms with van der Waals surface area (Å²) in [6.07, 6.45) is -4.73. The van der Waals surface area contributed by atoms with Crippen molar-refractivity contribution in [2.75, 3.05) is 13.2 Å². The van der Waals surface area contributed by atoms with Gasteiger partial charge >= 0.3 is 6.18 Å². The molecule has 12 heavy (non-hydrogen) atoms. The van der Waals surface area contributed by atoms with Crippen LogP contribution in [-0.4, -0.2) is 25.4 Å². The van der Waals surface area contributed by atoms with Gasteiger partial charge < -0.3 is 5.32 Å². The molecule has 1 N–H and O–H groups in total. The second-order valence-corrected chi connectivity index (χ2v) is 2.72. The van der Waals surface area contributed by atoms with Gasteiger partial charge in [0.1, 0.15) is 0 Å². The molecule has 0 aliphatic carbocycles. The highest BCUT2D eigenvalue weighted by Crippen LogP contribution is 2.21. The fraction of sp³-hybridized carbons (Fsp3) is 1.00. The van der Waals surface area contributed by atoms with Crippen LogP contribution >= 0.6 is 0 Å². The largest absolute Gasteiger partial charge is 0.390 e. The van der Waals surface area contributed by atoms with Crippen molar-refractivity contribution in [3.8, 4) is 0 Å². The van der Waals surface area contributed by atoms with Crippen LogP contribution in [0.3, 0.4) is 0 Å². The summed E-state index contributed by atoms with van der Waals surface area (Å²) in [5, 5.41) is 2.58. The van der Waals surface area contributed by atoms with E-state index < -0.39 is 25.3 Å². The molecule has 0 bridgehead atoms. The van der Waals surface area contributed by atoms with Crippen molar-refractivity contribution in [2.24, 2.45) is 0 Å². The molecule has 0 rings (SSSR count). The SMILES string of the molecule is CC(CC(F)(F)F)NCCCF. The summed E-state index contributed by atoms with van der Waals surface area (Å²) < 4.78 is 46.6. The predicted molar refractivity (Wildman–Crippen MR) is 38.7 cm³/mol. The molecule has 1 nitrogen and oxygen atoms in total. The van der Waals surface area contributed by atoms with Gasteiger partial charge in [0, 0.05) is 6.04 Å². The number of rotatable bonds is 5. The first-order valence-corrected chi connectivity index (χ1v) is 3.82. The smallest absolute Gasteiger partial charge is 0.314 e. The van der Waals surface area contributed by atoms with E-state index in [1.807, 2.05) is 0 Å². The molecule has 0 spiro atoms. The molecule has 0 saturated carbocycles. The standard InChI is InChI=1S/C7H13F4N/c1-6(5-7(9,10)11)12-4-2-3-8/h6,12H,2-5H2,1H3. The lowest BCUT2D eigenvalue weighted by Crippen LogP contribution is -2.31. The van der Waals surface area contributed by atoms with Gasteiger partial charge in [0.05, 0.1) is 13.1 Å². The summed E-state index contributed by atoms with van der Waals surface area (Å²) in [6.45, 7) is 1.24. The summed E-state index contributed by atoms with van der Waals surface area (Å²) in [5.74, 6) is 0. The maximum atomic E-state index is 11.7. The van der Waals surface area contributed by atoms with Crippen LogP contribution in [0.2, 0.25) is 0 Å². The van der Waals surface area contributed by atoms with Crippen LogP contribution in [0.4, 0.5) is 17.6 Å². The fourth-order valence-electron chi connectivity index (χ4n) is 0.835. The minimum atomic E-state index is -4.14. The van der Waals surface area contributed by atoms with E-state index in [0.717, 1.165) is 0 Å². The minimum Gasteiger partial charge on any atom is -0.314 e. The van der Waals surface area contributed by atoms with Crippen LogP contribution in [0.5, 0.6) is 0 Å². The monoisotopic (exact) mass is 187 g/mol. The van der Waals surface area contributed by atoms with Crippen molar-refractivity contribution in [1.29, 1.82) is 0 Å². The highest BCUT2D eigenvalue weighted by atomic mass is 19.4.